The number of hydrogen-bond acceptors (Lipinski definition) is 4. The van der Waals surface area contributed by atoms with Crippen LogP contribution in [0.4, 0.5) is 5.69 Å². The van der Waals surface area contributed by atoms with Crippen LogP contribution in [0.25, 0.3) is 0 Å². The zero-order chi connectivity index (χ0) is 27.5. The third-order valence-corrected chi connectivity index (χ3v) is 7.74. The van der Waals surface area contributed by atoms with E-state index in [1.54, 1.807) is 11.3 Å². The van der Waals surface area contributed by atoms with Crippen molar-refractivity contribution >= 4 is 22.9 Å². The summed E-state index contributed by atoms with van der Waals surface area (Å²) >= 11 is 1.72. The van der Waals surface area contributed by atoms with Gasteiger partial charge in [-0.3, -0.25) is 4.79 Å². The Morgan fingerprint density at radius 3 is 2.10 bits per heavy atom. The molecular weight excluding hydrogens is 504 g/mol. The standard InChI is InChI=1S/C33H46N2O3S/c1-3-4-5-6-7-8-9-10-11-12-13-16-23-37-31-20-14-15-21-32(31)38-27-33(36)34-30-19-17-18-29(25-30)26-35-22-24-39-28(35)2/h14-15,17-22,24-25H,3-13,16,23,26-27H2,1-2H3/p+1. The lowest BCUT2D eigenvalue weighted by molar-refractivity contribution is -0.689. The molecule has 0 radical (unpaired) electrons. The van der Waals surface area contributed by atoms with Crippen LogP contribution in [0.3, 0.4) is 0 Å². The van der Waals surface area contributed by atoms with Crippen molar-refractivity contribution in [2.45, 2.75) is 97.4 Å². The van der Waals surface area contributed by atoms with Gasteiger partial charge in [0.25, 0.3) is 5.91 Å². The number of nitrogens with one attached hydrogen (secondary N) is 1. The van der Waals surface area contributed by atoms with Crippen LogP contribution in [-0.2, 0) is 11.3 Å². The molecule has 3 aromatic rings. The maximum absolute atomic E-state index is 12.6. The zero-order valence-electron chi connectivity index (χ0n) is 24.0. The fourth-order valence-corrected chi connectivity index (χ4v) is 5.30. The summed E-state index contributed by atoms with van der Waals surface area (Å²) in [4.78, 5) is 12.6. The molecule has 1 heterocycles. The average molecular weight is 552 g/mol. The Morgan fingerprint density at radius 2 is 1.46 bits per heavy atom. The summed E-state index contributed by atoms with van der Waals surface area (Å²) in [6.45, 7) is 5.75. The second kappa shape index (κ2) is 18.4. The molecule has 0 aliphatic heterocycles. The number of unbranched alkanes of at least 4 members (excludes halogenated alkanes) is 11. The highest BCUT2D eigenvalue weighted by molar-refractivity contribution is 7.09. The van der Waals surface area contributed by atoms with Crippen LogP contribution in [-0.4, -0.2) is 19.1 Å². The topological polar surface area (TPSA) is 51.4 Å². The van der Waals surface area contributed by atoms with Gasteiger partial charge in [0.1, 0.15) is 0 Å². The lowest BCUT2D eigenvalue weighted by Gasteiger charge is -2.13. The third kappa shape index (κ3) is 12.2. The fourth-order valence-electron chi connectivity index (χ4n) is 4.64. The van der Waals surface area contributed by atoms with Gasteiger partial charge in [-0.15, -0.1) is 0 Å². The van der Waals surface area contributed by atoms with E-state index in [2.05, 4.69) is 41.4 Å². The maximum atomic E-state index is 12.6. The molecule has 39 heavy (non-hydrogen) atoms. The van der Waals surface area contributed by atoms with Gasteiger partial charge in [-0.2, -0.15) is 4.57 Å². The van der Waals surface area contributed by atoms with E-state index in [0.717, 1.165) is 24.2 Å². The maximum Gasteiger partial charge on any atom is 0.262 e. The summed E-state index contributed by atoms with van der Waals surface area (Å²) in [6.07, 6.45) is 17.9. The minimum atomic E-state index is -0.192. The van der Waals surface area contributed by atoms with Crippen molar-refractivity contribution in [2.75, 3.05) is 18.5 Å². The molecular formula is C33H47N2O3S+. The van der Waals surface area contributed by atoms with Crippen LogP contribution in [0.5, 0.6) is 11.5 Å². The molecule has 0 saturated heterocycles. The Balaban J connectivity index is 1.30. The molecule has 0 fully saturated rings. The van der Waals surface area contributed by atoms with Crippen molar-refractivity contribution in [3.05, 3.63) is 70.7 Å². The number of thiazole rings is 1. The van der Waals surface area contributed by atoms with Crippen LogP contribution in [0.2, 0.25) is 0 Å². The van der Waals surface area contributed by atoms with Gasteiger partial charge in [0.15, 0.2) is 30.8 Å². The Bertz CT molecular complexity index is 1100. The fraction of sp³-hybridized carbons (Fsp3) is 0.515. The molecule has 1 aromatic heterocycles. The normalized spacial score (nSPS) is 10.9. The number of para-hydroxylation sites is 2. The van der Waals surface area contributed by atoms with E-state index in [0.29, 0.717) is 18.1 Å². The summed E-state index contributed by atoms with van der Waals surface area (Å²) in [6, 6.07) is 15.5. The first-order valence-corrected chi connectivity index (χ1v) is 15.7. The van der Waals surface area contributed by atoms with E-state index >= 15 is 0 Å². The summed E-state index contributed by atoms with van der Waals surface area (Å²) < 4.78 is 14.0. The minimum absolute atomic E-state index is 0.0679. The first-order valence-electron chi connectivity index (χ1n) is 14.8. The quantitative estimate of drug-likeness (QED) is 0.113. The van der Waals surface area contributed by atoms with Gasteiger partial charge in [-0.1, -0.05) is 113 Å². The van der Waals surface area contributed by atoms with E-state index in [-0.39, 0.29) is 12.5 Å². The Labute approximate surface area is 239 Å². The Kier molecular flexibility index (Phi) is 14.5. The predicted octanol–water partition coefficient (Wildman–Crippen LogP) is 8.49. The van der Waals surface area contributed by atoms with Crippen molar-refractivity contribution in [2.24, 2.45) is 0 Å². The predicted molar refractivity (Wildman–Crippen MR) is 162 cm³/mol. The number of nitrogens with zero attached hydrogens (tertiary/aromatic N) is 1. The number of anilines is 1. The minimum Gasteiger partial charge on any atom is -0.490 e. The van der Waals surface area contributed by atoms with Crippen LogP contribution in [0.1, 0.15) is 94.5 Å². The van der Waals surface area contributed by atoms with Crippen LogP contribution in [0.15, 0.2) is 60.1 Å². The number of aryl methyl sites for hydroxylation is 1. The summed E-state index contributed by atoms with van der Waals surface area (Å²) in [5.41, 5.74) is 1.91. The second-order valence-electron chi connectivity index (χ2n) is 10.3. The number of rotatable bonds is 20. The van der Waals surface area contributed by atoms with Gasteiger partial charge in [0.2, 0.25) is 5.01 Å². The Hall–Kier alpha value is -2.86. The number of ether oxygens (including phenoxy) is 2. The number of benzene rings is 2. The Morgan fingerprint density at radius 1 is 0.821 bits per heavy atom. The molecule has 0 unspecified atom stereocenters. The molecule has 212 valence electrons. The molecule has 1 amide bonds. The molecule has 0 saturated carbocycles. The van der Waals surface area contributed by atoms with E-state index in [1.165, 1.54) is 75.6 Å². The first-order chi connectivity index (χ1) is 19.2. The van der Waals surface area contributed by atoms with Crippen molar-refractivity contribution in [1.29, 1.82) is 0 Å². The molecule has 0 aliphatic rings. The second-order valence-corrected chi connectivity index (χ2v) is 11.4. The lowest BCUT2D eigenvalue weighted by atomic mass is 10.1. The molecule has 0 aliphatic carbocycles. The SMILES string of the molecule is CCCCCCCCCCCCCCOc1ccccc1OCC(=O)Nc1cccc(C[n+]2ccsc2C)c1. The van der Waals surface area contributed by atoms with Crippen LogP contribution in [0, 0.1) is 6.92 Å². The van der Waals surface area contributed by atoms with Gasteiger partial charge in [0.05, 0.1) is 12.0 Å². The lowest BCUT2D eigenvalue weighted by Crippen LogP contribution is -2.34. The summed E-state index contributed by atoms with van der Waals surface area (Å²) in [7, 11) is 0. The highest BCUT2D eigenvalue weighted by atomic mass is 32.1. The van der Waals surface area contributed by atoms with E-state index in [1.807, 2.05) is 42.5 Å². The van der Waals surface area contributed by atoms with E-state index < -0.39 is 0 Å². The highest BCUT2D eigenvalue weighted by Gasteiger charge is 2.11. The van der Waals surface area contributed by atoms with Gasteiger partial charge >= 0.3 is 0 Å². The van der Waals surface area contributed by atoms with E-state index in [4.69, 9.17) is 9.47 Å². The van der Waals surface area contributed by atoms with Gasteiger partial charge < -0.3 is 14.8 Å². The number of amides is 1. The summed E-state index contributed by atoms with van der Waals surface area (Å²) in [5, 5.41) is 6.28. The van der Waals surface area contributed by atoms with Crippen molar-refractivity contribution in [3.63, 3.8) is 0 Å². The highest BCUT2D eigenvalue weighted by Crippen LogP contribution is 2.27. The number of carbonyl (C=O) groups is 1. The molecule has 0 bridgehead atoms. The molecule has 6 heteroatoms. The van der Waals surface area contributed by atoms with Gasteiger partial charge in [-0.25, -0.2) is 0 Å². The van der Waals surface area contributed by atoms with Crippen LogP contribution < -0.4 is 19.4 Å². The monoisotopic (exact) mass is 551 g/mol. The molecule has 0 atom stereocenters. The van der Waals surface area contributed by atoms with Gasteiger partial charge in [-0.05, 0) is 30.7 Å². The average Bonchev–Trinajstić information content (AvgIpc) is 3.34. The number of aromatic nitrogens is 1. The van der Waals surface area contributed by atoms with Crippen molar-refractivity contribution in [1.82, 2.24) is 0 Å². The smallest absolute Gasteiger partial charge is 0.262 e. The van der Waals surface area contributed by atoms with Crippen molar-refractivity contribution in [3.8, 4) is 11.5 Å². The first kappa shape index (κ1) is 30.7. The third-order valence-electron chi connectivity index (χ3n) is 6.91. The number of carbonyl (C=O) groups excluding carboxylic acids is 1. The van der Waals surface area contributed by atoms with Crippen molar-refractivity contribution < 1.29 is 18.8 Å². The number of hydrogen-bond donors (Lipinski definition) is 1. The molecule has 0 spiro atoms. The molecule has 5 nitrogen and oxygen atoms in total. The summed E-state index contributed by atoms with van der Waals surface area (Å²) in [5.74, 6) is 1.10. The molecule has 2 aromatic carbocycles. The van der Waals surface area contributed by atoms with Gasteiger partial charge in [0, 0.05) is 18.2 Å². The van der Waals surface area contributed by atoms with E-state index in [9.17, 15) is 4.79 Å². The zero-order valence-corrected chi connectivity index (χ0v) is 24.8. The van der Waals surface area contributed by atoms with Crippen LogP contribution >= 0.6 is 11.3 Å². The largest absolute Gasteiger partial charge is 0.490 e. The molecule has 3 rings (SSSR count). The molecule has 1 N–H and O–H groups in total.